The zero-order valence-electron chi connectivity index (χ0n) is 12.8. The summed E-state index contributed by atoms with van der Waals surface area (Å²) in [7, 11) is 1.82. The summed E-state index contributed by atoms with van der Waals surface area (Å²) in [6.07, 6.45) is 2.70. The van der Waals surface area contributed by atoms with Crippen molar-refractivity contribution in [3.05, 3.63) is 27.8 Å². The number of nitrogens with one attached hydrogen (secondary N) is 2. The molecule has 0 aromatic carbocycles. The Labute approximate surface area is 128 Å². The maximum absolute atomic E-state index is 11.9. The van der Waals surface area contributed by atoms with E-state index in [1.54, 1.807) is 16.0 Å². The molecule has 0 bridgehead atoms. The molecule has 2 heterocycles. The highest BCUT2D eigenvalue weighted by Gasteiger charge is 2.12. The molecule has 21 heavy (non-hydrogen) atoms. The second kappa shape index (κ2) is 6.71. The van der Waals surface area contributed by atoms with Gasteiger partial charge in [-0.2, -0.15) is 5.10 Å². The predicted octanol–water partition coefficient (Wildman–Crippen LogP) is 2.67. The number of aryl methyl sites for hydroxylation is 3. The van der Waals surface area contributed by atoms with Crippen LogP contribution < -0.4 is 10.6 Å². The highest BCUT2D eigenvalue weighted by molar-refractivity contribution is 7.11. The molecule has 2 rings (SSSR count). The first-order valence-corrected chi connectivity index (χ1v) is 7.81. The van der Waals surface area contributed by atoms with Crippen LogP contribution in [0.5, 0.6) is 0 Å². The largest absolute Gasteiger partial charge is 0.337 e. The normalized spacial score (nSPS) is 12.2. The molecule has 0 aliphatic rings. The lowest BCUT2D eigenvalue weighted by atomic mass is 10.2. The molecule has 0 unspecified atom stereocenters. The van der Waals surface area contributed by atoms with E-state index >= 15 is 0 Å². The van der Waals surface area contributed by atoms with Gasteiger partial charge in [0.2, 0.25) is 0 Å². The molecule has 0 aliphatic carbocycles. The van der Waals surface area contributed by atoms with Crippen LogP contribution in [0.1, 0.15) is 35.3 Å². The zero-order valence-corrected chi connectivity index (χ0v) is 13.6. The van der Waals surface area contributed by atoms with Crippen molar-refractivity contribution in [2.45, 2.75) is 33.1 Å². The number of urea groups is 1. The number of rotatable bonds is 5. The van der Waals surface area contributed by atoms with Crippen molar-refractivity contribution in [2.75, 3.05) is 11.9 Å². The van der Waals surface area contributed by atoms with E-state index in [2.05, 4.69) is 27.6 Å². The molecule has 2 amide bonds. The fourth-order valence-electron chi connectivity index (χ4n) is 1.91. The van der Waals surface area contributed by atoms with Crippen LogP contribution in [0.25, 0.3) is 0 Å². The molecule has 0 spiro atoms. The average Bonchev–Trinajstić information content (AvgIpc) is 3.03. The third-order valence-corrected chi connectivity index (χ3v) is 4.31. The number of anilines is 1. The van der Waals surface area contributed by atoms with Crippen LogP contribution in [0.15, 0.2) is 12.3 Å². The lowest BCUT2D eigenvalue weighted by molar-refractivity contribution is 0.251. The second-order valence-electron chi connectivity index (χ2n) is 5.04. The lowest BCUT2D eigenvalue weighted by Crippen LogP contribution is -2.32. The molecule has 2 aromatic heterocycles. The molecule has 114 valence electrons. The van der Waals surface area contributed by atoms with Crippen molar-refractivity contribution in [1.29, 1.82) is 0 Å². The molecule has 2 aromatic rings. The Morgan fingerprint density at radius 1 is 1.52 bits per heavy atom. The molecular weight excluding hydrogens is 286 g/mol. The number of hydrogen-bond acceptors (Lipinski definition) is 4. The molecule has 1 atom stereocenters. The Balaban J connectivity index is 1.85. The van der Waals surface area contributed by atoms with Gasteiger partial charge in [0, 0.05) is 36.7 Å². The van der Waals surface area contributed by atoms with Gasteiger partial charge in [-0.1, -0.05) is 13.8 Å². The number of thiazole rings is 1. The topological polar surface area (TPSA) is 71.8 Å². The highest BCUT2D eigenvalue weighted by atomic mass is 32.1. The first-order valence-electron chi connectivity index (χ1n) is 6.99. The Kier molecular flexibility index (Phi) is 4.95. The summed E-state index contributed by atoms with van der Waals surface area (Å²) in [5, 5.41) is 11.0. The van der Waals surface area contributed by atoms with Gasteiger partial charge in [-0.3, -0.25) is 10.00 Å². The molecule has 2 N–H and O–H groups in total. The van der Waals surface area contributed by atoms with E-state index in [0.717, 1.165) is 17.1 Å². The van der Waals surface area contributed by atoms with Crippen LogP contribution in [0.4, 0.5) is 10.6 Å². The SMILES string of the molecule is CCc1cc(NC(=O)NC[C@@H](C)c2ncc(C)s2)n(C)n1. The fraction of sp³-hybridized carbons (Fsp3) is 0.500. The number of carbonyl (C=O) groups excluding carboxylic acids is 1. The molecule has 7 heteroatoms. The number of hydrogen-bond donors (Lipinski definition) is 2. The minimum Gasteiger partial charge on any atom is -0.337 e. The maximum atomic E-state index is 11.9. The second-order valence-corrected chi connectivity index (χ2v) is 6.31. The minimum atomic E-state index is -0.221. The van der Waals surface area contributed by atoms with Gasteiger partial charge in [-0.05, 0) is 13.3 Å². The Hall–Kier alpha value is -1.89. The average molecular weight is 307 g/mol. The van der Waals surface area contributed by atoms with Gasteiger partial charge in [-0.15, -0.1) is 11.3 Å². The third kappa shape index (κ3) is 4.04. The zero-order chi connectivity index (χ0) is 15.4. The van der Waals surface area contributed by atoms with Crippen molar-refractivity contribution in [1.82, 2.24) is 20.1 Å². The van der Waals surface area contributed by atoms with Gasteiger partial charge in [0.15, 0.2) is 0 Å². The van der Waals surface area contributed by atoms with Crippen molar-refractivity contribution in [3.8, 4) is 0 Å². The monoisotopic (exact) mass is 307 g/mol. The van der Waals surface area contributed by atoms with E-state index < -0.39 is 0 Å². The molecule has 0 radical (unpaired) electrons. The third-order valence-electron chi connectivity index (χ3n) is 3.16. The summed E-state index contributed by atoms with van der Waals surface area (Å²) in [5.41, 5.74) is 0.958. The van der Waals surface area contributed by atoms with Crippen molar-refractivity contribution < 1.29 is 4.79 Å². The molecule has 0 saturated carbocycles. The highest BCUT2D eigenvalue weighted by Crippen LogP contribution is 2.20. The molecule has 0 saturated heterocycles. The van der Waals surface area contributed by atoms with E-state index in [4.69, 9.17) is 0 Å². The van der Waals surface area contributed by atoms with Crippen LogP contribution in [0, 0.1) is 6.92 Å². The van der Waals surface area contributed by atoms with Crippen molar-refractivity contribution in [3.63, 3.8) is 0 Å². The van der Waals surface area contributed by atoms with Crippen LogP contribution in [0.2, 0.25) is 0 Å². The van der Waals surface area contributed by atoms with Gasteiger partial charge >= 0.3 is 6.03 Å². The van der Waals surface area contributed by atoms with E-state index in [-0.39, 0.29) is 11.9 Å². The smallest absolute Gasteiger partial charge is 0.320 e. The maximum Gasteiger partial charge on any atom is 0.320 e. The number of amides is 2. The quantitative estimate of drug-likeness (QED) is 0.892. The number of aromatic nitrogens is 3. The van der Waals surface area contributed by atoms with Crippen LogP contribution >= 0.6 is 11.3 Å². The van der Waals surface area contributed by atoms with Crippen molar-refractivity contribution in [2.24, 2.45) is 7.05 Å². The Morgan fingerprint density at radius 3 is 2.86 bits per heavy atom. The van der Waals surface area contributed by atoms with E-state index in [1.807, 2.05) is 33.2 Å². The molecular formula is C14H21N5OS. The molecule has 6 nitrogen and oxygen atoms in total. The number of carbonyl (C=O) groups is 1. The Bertz CT molecular complexity index is 619. The van der Waals surface area contributed by atoms with Gasteiger partial charge in [0.25, 0.3) is 0 Å². The summed E-state index contributed by atoms with van der Waals surface area (Å²) in [6.45, 7) is 6.67. The summed E-state index contributed by atoms with van der Waals surface area (Å²) in [5.74, 6) is 0.897. The molecule has 0 fully saturated rings. The van der Waals surface area contributed by atoms with E-state index in [1.165, 1.54) is 4.88 Å². The van der Waals surface area contributed by atoms with Crippen molar-refractivity contribution >= 4 is 23.2 Å². The van der Waals surface area contributed by atoms with Gasteiger partial charge in [-0.25, -0.2) is 9.78 Å². The predicted molar refractivity (Wildman–Crippen MR) is 84.9 cm³/mol. The Morgan fingerprint density at radius 2 is 2.29 bits per heavy atom. The summed E-state index contributed by atoms with van der Waals surface area (Å²) in [6, 6.07) is 1.66. The first-order chi connectivity index (χ1) is 9.99. The first kappa shape index (κ1) is 15.5. The summed E-state index contributed by atoms with van der Waals surface area (Å²) < 4.78 is 1.67. The van der Waals surface area contributed by atoms with Crippen LogP contribution in [-0.2, 0) is 13.5 Å². The van der Waals surface area contributed by atoms with Gasteiger partial charge < -0.3 is 5.32 Å². The van der Waals surface area contributed by atoms with E-state index in [0.29, 0.717) is 12.4 Å². The van der Waals surface area contributed by atoms with Crippen LogP contribution in [0.3, 0.4) is 0 Å². The van der Waals surface area contributed by atoms with E-state index in [9.17, 15) is 4.79 Å². The fourth-order valence-corrected chi connectivity index (χ4v) is 2.74. The summed E-state index contributed by atoms with van der Waals surface area (Å²) in [4.78, 5) is 17.4. The minimum absolute atomic E-state index is 0.201. The van der Waals surface area contributed by atoms with Crippen LogP contribution in [-0.4, -0.2) is 27.3 Å². The summed E-state index contributed by atoms with van der Waals surface area (Å²) >= 11 is 1.66. The van der Waals surface area contributed by atoms with Gasteiger partial charge in [0.1, 0.15) is 5.82 Å². The molecule has 0 aliphatic heterocycles. The lowest BCUT2D eigenvalue weighted by Gasteiger charge is -2.11. The number of nitrogens with zero attached hydrogens (tertiary/aromatic N) is 3. The standard InChI is InChI=1S/C14H21N5OS/c1-5-11-6-12(19(4)18-11)17-14(20)16-7-9(2)13-15-8-10(3)21-13/h6,8-9H,5,7H2,1-4H3,(H2,16,17,20)/t9-/m1/s1. The van der Waals surface area contributed by atoms with Gasteiger partial charge in [0.05, 0.1) is 10.7 Å².